The van der Waals surface area contributed by atoms with E-state index < -0.39 is 11.9 Å². The molecule has 6 nitrogen and oxygen atoms in total. The number of carboxylic acid groups (broad SMARTS) is 1. The average Bonchev–Trinajstić information content (AvgIpc) is 2.46. The molecule has 20 heavy (non-hydrogen) atoms. The number of nitrogens with one attached hydrogen (secondary N) is 1. The van der Waals surface area contributed by atoms with E-state index in [1.54, 1.807) is 0 Å². The van der Waals surface area contributed by atoms with Gasteiger partial charge in [-0.15, -0.1) is 0 Å². The Bertz CT molecular complexity index is 504. The molecule has 0 spiro atoms. The van der Waals surface area contributed by atoms with Crippen LogP contribution in [-0.2, 0) is 11.2 Å². The molecule has 108 valence electrons. The van der Waals surface area contributed by atoms with E-state index in [-0.39, 0.29) is 12.6 Å². The normalized spacial score (nSPS) is 17.4. The fraction of sp³-hybridized carbons (Fsp3) is 0.429. The summed E-state index contributed by atoms with van der Waals surface area (Å²) >= 11 is 0. The molecule has 0 aliphatic carbocycles. The Morgan fingerprint density at radius 1 is 1.40 bits per heavy atom. The van der Waals surface area contributed by atoms with Crippen molar-refractivity contribution in [2.45, 2.75) is 12.8 Å². The largest absolute Gasteiger partial charge is 0.481 e. The van der Waals surface area contributed by atoms with Crippen LogP contribution in [0, 0.1) is 5.92 Å². The van der Waals surface area contributed by atoms with Crippen molar-refractivity contribution in [1.29, 1.82) is 0 Å². The lowest BCUT2D eigenvalue weighted by Crippen LogP contribution is -2.47. The number of para-hydroxylation sites is 1. The summed E-state index contributed by atoms with van der Waals surface area (Å²) in [7, 11) is 0. The van der Waals surface area contributed by atoms with Gasteiger partial charge >= 0.3 is 12.0 Å². The van der Waals surface area contributed by atoms with E-state index in [1.807, 2.05) is 24.3 Å². The van der Waals surface area contributed by atoms with Crippen molar-refractivity contribution in [2.75, 3.05) is 24.5 Å². The zero-order chi connectivity index (χ0) is 14.5. The van der Waals surface area contributed by atoms with Crippen LogP contribution in [0.5, 0.6) is 0 Å². The van der Waals surface area contributed by atoms with E-state index in [2.05, 4.69) is 5.32 Å². The summed E-state index contributed by atoms with van der Waals surface area (Å²) in [6.45, 7) is 1.20. The third kappa shape index (κ3) is 3.08. The second-order valence-electron chi connectivity index (χ2n) is 4.85. The molecular formula is C14H19N3O3. The second kappa shape index (κ2) is 6.38. The van der Waals surface area contributed by atoms with Crippen molar-refractivity contribution in [1.82, 2.24) is 5.32 Å². The standard InChI is InChI=1S/C14H19N3O3/c15-6-3-7-16-14(20)17-9-11(13(18)19)8-10-4-1-2-5-12(10)17/h1-2,4-5,11H,3,6-9,15H2,(H,16,20)(H,18,19). The highest BCUT2D eigenvalue weighted by Crippen LogP contribution is 2.29. The third-order valence-electron chi connectivity index (χ3n) is 3.40. The number of anilines is 1. The molecule has 1 aromatic carbocycles. The summed E-state index contributed by atoms with van der Waals surface area (Å²) in [5.74, 6) is -1.44. The van der Waals surface area contributed by atoms with Crippen LogP contribution in [0.4, 0.5) is 10.5 Å². The Labute approximate surface area is 117 Å². The Hall–Kier alpha value is -2.08. The number of amides is 2. The van der Waals surface area contributed by atoms with Gasteiger partial charge in [0.05, 0.1) is 5.92 Å². The summed E-state index contributed by atoms with van der Waals surface area (Å²) in [5.41, 5.74) is 7.07. The first kappa shape index (κ1) is 14.3. The highest BCUT2D eigenvalue weighted by Gasteiger charge is 2.31. The van der Waals surface area contributed by atoms with Gasteiger partial charge in [0.1, 0.15) is 0 Å². The van der Waals surface area contributed by atoms with Crippen LogP contribution in [0.3, 0.4) is 0 Å². The number of benzene rings is 1. The molecule has 1 atom stereocenters. The number of carboxylic acids is 1. The van der Waals surface area contributed by atoms with Crippen molar-refractivity contribution in [3.63, 3.8) is 0 Å². The molecule has 0 saturated carbocycles. The molecule has 0 fully saturated rings. The minimum absolute atomic E-state index is 0.195. The SMILES string of the molecule is NCCCNC(=O)N1CC(C(=O)O)Cc2ccccc21. The van der Waals surface area contributed by atoms with Crippen molar-refractivity contribution in [2.24, 2.45) is 11.7 Å². The van der Waals surface area contributed by atoms with E-state index in [1.165, 1.54) is 4.90 Å². The van der Waals surface area contributed by atoms with Crippen LogP contribution in [0.2, 0.25) is 0 Å². The number of aliphatic carboxylic acids is 1. The molecular weight excluding hydrogens is 258 g/mol. The molecule has 0 radical (unpaired) electrons. The van der Waals surface area contributed by atoms with Crippen LogP contribution < -0.4 is 16.0 Å². The van der Waals surface area contributed by atoms with Gasteiger partial charge in [-0.2, -0.15) is 0 Å². The van der Waals surface area contributed by atoms with E-state index in [4.69, 9.17) is 5.73 Å². The second-order valence-corrected chi connectivity index (χ2v) is 4.85. The number of rotatable bonds is 4. The van der Waals surface area contributed by atoms with E-state index in [0.717, 1.165) is 11.3 Å². The summed E-state index contributed by atoms with van der Waals surface area (Å²) in [5, 5.41) is 12.0. The average molecular weight is 277 g/mol. The monoisotopic (exact) mass is 277 g/mol. The van der Waals surface area contributed by atoms with Gasteiger partial charge in [-0.1, -0.05) is 18.2 Å². The lowest BCUT2D eigenvalue weighted by Gasteiger charge is -2.32. The van der Waals surface area contributed by atoms with Gasteiger partial charge in [-0.05, 0) is 31.0 Å². The van der Waals surface area contributed by atoms with Crippen LogP contribution >= 0.6 is 0 Å². The number of carbonyl (C=O) groups excluding carboxylic acids is 1. The number of nitrogens with zero attached hydrogens (tertiary/aromatic N) is 1. The number of fused-ring (bicyclic) bond motifs is 1. The zero-order valence-corrected chi connectivity index (χ0v) is 11.2. The van der Waals surface area contributed by atoms with Crippen LogP contribution in [0.25, 0.3) is 0 Å². The van der Waals surface area contributed by atoms with Gasteiger partial charge in [0, 0.05) is 18.8 Å². The van der Waals surface area contributed by atoms with Crippen molar-refractivity contribution in [3.8, 4) is 0 Å². The van der Waals surface area contributed by atoms with E-state index in [0.29, 0.717) is 25.9 Å². The predicted octanol–water partition coefficient (Wildman–Crippen LogP) is 0.808. The van der Waals surface area contributed by atoms with Gasteiger partial charge < -0.3 is 16.2 Å². The zero-order valence-electron chi connectivity index (χ0n) is 11.2. The first-order chi connectivity index (χ1) is 9.63. The molecule has 0 bridgehead atoms. The van der Waals surface area contributed by atoms with Crippen molar-refractivity contribution >= 4 is 17.7 Å². The molecule has 1 aliphatic rings. The number of urea groups is 1. The summed E-state index contributed by atoms with van der Waals surface area (Å²) in [6.07, 6.45) is 1.15. The minimum atomic E-state index is -0.876. The lowest BCUT2D eigenvalue weighted by molar-refractivity contribution is -0.141. The quantitative estimate of drug-likeness (QED) is 0.710. The Kier molecular flexibility index (Phi) is 4.57. The highest BCUT2D eigenvalue weighted by atomic mass is 16.4. The smallest absolute Gasteiger partial charge is 0.321 e. The molecule has 6 heteroatoms. The van der Waals surface area contributed by atoms with Crippen molar-refractivity contribution < 1.29 is 14.7 Å². The molecule has 1 unspecified atom stereocenters. The maximum Gasteiger partial charge on any atom is 0.321 e. The van der Waals surface area contributed by atoms with Gasteiger partial charge in [0.2, 0.25) is 0 Å². The summed E-state index contributed by atoms with van der Waals surface area (Å²) in [6, 6.07) is 7.14. The van der Waals surface area contributed by atoms with Crippen LogP contribution in [0.15, 0.2) is 24.3 Å². The molecule has 1 heterocycles. The van der Waals surface area contributed by atoms with Crippen molar-refractivity contribution in [3.05, 3.63) is 29.8 Å². The van der Waals surface area contributed by atoms with Gasteiger partial charge in [0.15, 0.2) is 0 Å². The molecule has 4 N–H and O–H groups in total. The first-order valence-electron chi connectivity index (χ1n) is 6.69. The maximum atomic E-state index is 12.2. The lowest BCUT2D eigenvalue weighted by atomic mass is 9.93. The van der Waals surface area contributed by atoms with Gasteiger partial charge in [0.25, 0.3) is 0 Å². The minimum Gasteiger partial charge on any atom is -0.481 e. The number of hydrogen-bond donors (Lipinski definition) is 3. The van der Waals surface area contributed by atoms with E-state index in [9.17, 15) is 14.7 Å². The van der Waals surface area contributed by atoms with E-state index >= 15 is 0 Å². The predicted molar refractivity (Wildman–Crippen MR) is 75.7 cm³/mol. The number of carbonyl (C=O) groups is 2. The highest BCUT2D eigenvalue weighted by molar-refractivity contribution is 5.94. The maximum absolute atomic E-state index is 12.2. The molecule has 0 aromatic heterocycles. The summed E-state index contributed by atoms with van der Waals surface area (Å²) in [4.78, 5) is 24.9. The fourth-order valence-electron chi connectivity index (χ4n) is 2.35. The Morgan fingerprint density at radius 2 is 2.15 bits per heavy atom. The molecule has 1 aromatic rings. The topological polar surface area (TPSA) is 95.7 Å². The molecule has 0 saturated heterocycles. The summed E-state index contributed by atoms with van der Waals surface area (Å²) < 4.78 is 0. The number of hydrogen-bond acceptors (Lipinski definition) is 3. The van der Waals surface area contributed by atoms with Gasteiger partial charge in [-0.3, -0.25) is 9.69 Å². The van der Waals surface area contributed by atoms with Crippen LogP contribution in [-0.4, -0.2) is 36.7 Å². The van der Waals surface area contributed by atoms with Crippen LogP contribution in [0.1, 0.15) is 12.0 Å². The molecule has 1 aliphatic heterocycles. The third-order valence-corrected chi connectivity index (χ3v) is 3.40. The first-order valence-corrected chi connectivity index (χ1v) is 6.69. The van der Waals surface area contributed by atoms with Gasteiger partial charge in [-0.25, -0.2) is 4.79 Å². The molecule has 2 rings (SSSR count). The Balaban J connectivity index is 2.18. The Morgan fingerprint density at radius 3 is 2.85 bits per heavy atom. The fourth-order valence-corrected chi connectivity index (χ4v) is 2.35. The molecule has 2 amide bonds. The number of nitrogens with two attached hydrogens (primary N) is 1.